The van der Waals surface area contributed by atoms with Crippen LogP contribution in [0.1, 0.15) is 12.5 Å². The zero-order chi connectivity index (χ0) is 10.2. The molecule has 3 nitrogen and oxygen atoms in total. The summed E-state index contributed by atoms with van der Waals surface area (Å²) < 4.78 is 5.14. The smallest absolute Gasteiger partial charge is 0.120 e. The Hall–Kier alpha value is -1.22. The third-order valence-corrected chi connectivity index (χ3v) is 2.68. The number of hydrogen-bond donors (Lipinski definition) is 2. The maximum Gasteiger partial charge on any atom is 0.120 e. The number of ether oxygens (including phenoxy) is 1. The van der Waals surface area contributed by atoms with Gasteiger partial charge in [-0.3, -0.25) is 0 Å². The molecular weight excluding hydrogens is 178 g/mol. The minimum atomic E-state index is -0.214. The van der Waals surface area contributed by atoms with E-state index in [0.29, 0.717) is 0 Å². The predicted octanol–water partition coefficient (Wildman–Crippen LogP) is 1.41. The van der Waals surface area contributed by atoms with E-state index in [0.717, 1.165) is 17.9 Å². The van der Waals surface area contributed by atoms with Gasteiger partial charge in [0.1, 0.15) is 5.75 Å². The Morgan fingerprint density at radius 2 is 2.36 bits per heavy atom. The van der Waals surface area contributed by atoms with Gasteiger partial charge in [-0.25, -0.2) is 0 Å². The first-order valence-corrected chi connectivity index (χ1v) is 4.73. The molecule has 1 aromatic rings. The SMILES string of the molecule is COc1ccc2c(c1)NC(C)(CO)C2. The number of rotatable bonds is 2. The molecular formula is C11H15NO2. The molecule has 0 bridgehead atoms. The molecule has 0 radical (unpaired) electrons. The Labute approximate surface area is 83.7 Å². The fourth-order valence-corrected chi connectivity index (χ4v) is 1.84. The molecule has 1 unspecified atom stereocenters. The standard InChI is InChI=1S/C11H15NO2/c1-11(7-13)6-8-3-4-9(14-2)5-10(8)12-11/h3-5,12-13H,6-7H2,1-2H3. The second-order valence-corrected chi connectivity index (χ2v) is 4.04. The fourth-order valence-electron chi connectivity index (χ4n) is 1.84. The number of benzene rings is 1. The average Bonchev–Trinajstić information content (AvgIpc) is 2.54. The zero-order valence-electron chi connectivity index (χ0n) is 8.50. The van der Waals surface area contributed by atoms with Crippen LogP contribution >= 0.6 is 0 Å². The Morgan fingerprint density at radius 3 is 3.00 bits per heavy atom. The van der Waals surface area contributed by atoms with Gasteiger partial charge in [-0.15, -0.1) is 0 Å². The van der Waals surface area contributed by atoms with E-state index < -0.39 is 0 Å². The van der Waals surface area contributed by atoms with E-state index >= 15 is 0 Å². The largest absolute Gasteiger partial charge is 0.497 e. The molecule has 0 saturated heterocycles. The molecule has 1 aliphatic heterocycles. The monoisotopic (exact) mass is 193 g/mol. The predicted molar refractivity (Wildman–Crippen MR) is 55.8 cm³/mol. The zero-order valence-corrected chi connectivity index (χ0v) is 8.50. The van der Waals surface area contributed by atoms with E-state index in [1.54, 1.807) is 7.11 Å². The minimum absolute atomic E-state index is 0.143. The summed E-state index contributed by atoms with van der Waals surface area (Å²) in [6.07, 6.45) is 0.864. The molecule has 0 aliphatic carbocycles. The lowest BCUT2D eigenvalue weighted by Gasteiger charge is -2.21. The maximum atomic E-state index is 9.23. The molecule has 1 heterocycles. The molecule has 2 N–H and O–H groups in total. The molecule has 0 spiro atoms. The van der Waals surface area contributed by atoms with Crippen LogP contribution in [0.4, 0.5) is 5.69 Å². The molecule has 0 aromatic heterocycles. The van der Waals surface area contributed by atoms with Crippen molar-refractivity contribution in [3.8, 4) is 5.75 Å². The van der Waals surface area contributed by atoms with Crippen molar-refractivity contribution in [2.24, 2.45) is 0 Å². The topological polar surface area (TPSA) is 41.5 Å². The molecule has 2 rings (SSSR count). The van der Waals surface area contributed by atoms with E-state index in [1.807, 2.05) is 25.1 Å². The van der Waals surface area contributed by atoms with Crippen LogP contribution < -0.4 is 10.1 Å². The van der Waals surface area contributed by atoms with Crippen molar-refractivity contribution in [2.75, 3.05) is 19.0 Å². The van der Waals surface area contributed by atoms with Crippen molar-refractivity contribution in [1.82, 2.24) is 0 Å². The molecule has 76 valence electrons. The molecule has 1 aliphatic rings. The third-order valence-electron chi connectivity index (χ3n) is 2.68. The van der Waals surface area contributed by atoms with E-state index in [-0.39, 0.29) is 12.1 Å². The highest BCUT2D eigenvalue weighted by Crippen LogP contribution is 2.34. The van der Waals surface area contributed by atoms with Gasteiger partial charge in [0.15, 0.2) is 0 Å². The summed E-state index contributed by atoms with van der Waals surface area (Å²) in [5, 5.41) is 12.5. The Balaban J connectivity index is 2.31. The fraction of sp³-hybridized carbons (Fsp3) is 0.455. The van der Waals surface area contributed by atoms with Crippen molar-refractivity contribution >= 4 is 5.69 Å². The van der Waals surface area contributed by atoms with Gasteiger partial charge in [-0.2, -0.15) is 0 Å². The van der Waals surface area contributed by atoms with Crippen LogP contribution in [0.15, 0.2) is 18.2 Å². The second kappa shape index (κ2) is 3.17. The van der Waals surface area contributed by atoms with Crippen molar-refractivity contribution in [3.05, 3.63) is 23.8 Å². The molecule has 3 heteroatoms. The summed E-state index contributed by atoms with van der Waals surface area (Å²) in [7, 11) is 1.65. The van der Waals surface area contributed by atoms with Crippen LogP contribution in [0, 0.1) is 0 Å². The molecule has 1 aromatic carbocycles. The van der Waals surface area contributed by atoms with Gasteiger partial charge in [0, 0.05) is 11.8 Å². The first kappa shape index (κ1) is 9.34. The lowest BCUT2D eigenvalue weighted by molar-refractivity contribution is 0.227. The number of anilines is 1. The highest BCUT2D eigenvalue weighted by Gasteiger charge is 2.31. The minimum Gasteiger partial charge on any atom is -0.497 e. The van der Waals surface area contributed by atoms with Gasteiger partial charge >= 0.3 is 0 Å². The summed E-state index contributed by atoms with van der Waals surface area (Å²) in [6.45, 7) is 2.16. The highest BCUT2D eigenvalue weighted by atomic mass is 16.5. The highest BCUT2D eigenvalue weighted by molar-refractivity contribution is 5.61. The number of hydrogen-bond acceptors (Lipinski definition) is 3. The van der Waals surface area contributed by atoms with Crippen LogP contribution in [0.2, 0.25) is 0 Å². The first-order valence-electron chi connectivity index (χ1n) is 4.73. The summed E-state index contributed by atoms with van der Waals surface area (Å²) in [6, 6.07) is 5.96. The van der Waals surface area contributed by atoms with Crippen LogP contribution in [-0.2, 0) is 6.42 Å². The molecule has 14 heavy (non-hydrogen) atoms. The normalized spacial score (nSPS) is 24.2. The summed E-state index contributed by atoms with van der Waals surface area (Å²) >= 11 is 0. The van der Waals surface area contributed by atoms with E-state index in [4.69, 9.17) is 4.74 Å². The maximum absolute atomic E-state index is 9.23. The summed E-state index contributed by atoms with van der Waals surface area (Å²) in [5.74, 6) is 0.846. The van der Waals surface area contributed by atoms with Gasteiger partial charge in [-0.1, -0.05) is 6.07 Å². The van der Waals surface area contributed by atoms with Crippen molar-refractivity contribution in [1.29, 1.82) is 0 Å². The molecule has 0 fully saturated rings. The average molecular weight is 193 g/mol. The Bertz CT molecular complexity index is 351. The molecule has 1 atom stereocenters. The van der Waals surface area contributed by atoms with Gasteiger partial charge in [0.2, 0.25) is 0 Å². The van der Waals surface area contributed by atoms with Gasteiger partial charge in [-0.05, 0) is 25.0 Å². The first-order chi connectivity index (χ1) is 6.67. The van der Waals surface area contributed by atoms with E-state index in [9.17, 15) is 5.11 Å². The van der Waals surface area contributed by atoms with E-state index in [1.165, 1.54) is 5.56 Å². The Kier molecular flexibility index (Phi) is 2.11. The number of aliphatic hydroxyl groups is 1. The van der Waals surface area contributed by atoms with Gasteiger partial charge < -0.3 is 15.2 Å². The van der Waals surface area contributed by atoms with Crippen molar-refractivity contribution in [3.63, 3.8) is 0 Å². The Morgan fingerprint density at radius 1 is 1.57 bits per heavy atom. The number of nitrogens with one attached hydrogen (secondary N) is 1. The van der Waals surface area contributed by atoms with Crippen molar-refractivity contribution < 1.29 is 9.84 Å². The molecule has 0 amide bonds. The second-order valence-electron chi connectivity index (χ2n) is 4.04. The van der Waals surface area contributed by atoms with E-state index in [2.05, 4.69) is 5.32 Å². The summed E-state index contributed by atoms with van der Waals surface area (Å²) in [5.41, 5.74) is 2.09. The number of fused-ring (bicyclic) bond motifs is 1. The van der Waals surface area contributed by atoms with Crippen molar-refractivity contribution in [2.45, 2.75) is 18.9 Å². The number of methoxy groups -OCH3 is 1. The van der Waals surface area contributed by atoms with Crippen LogP contribution in [0.25, 0.3) is 0 Å². The number of aliphatic hydroxyl groups excluding tert-OH is 1. The van der Waals surface area contributed by atoms with Gasteiger partial charge in [0.05, 0.1) is 19.3 Å². The van der Waals surface area contributed by atoms with Crippen LogP contribution in [0.3, 0.4) is 0 Å². The van der Waals surface area contributed by atoms with Crippen LogP contribution in [-0.4, -0.2) is 24.4 Å². The lowest BCUT2D eigenvalue weighted by Crippen LogP contribution is -2.36. The van der Waals surface area contributed by atoms with Crippen LogP contribution in [0.5, 0.6) is 5.75 Å². The summed E-state index contributed by atoms with van der Waals surface area (Å²) in [4.78, 5) is 0. The molecule has 0 saturated carbocycles. The third kappa shape index (κ3) is 1.44. The van der Waals surface area contributed by atoms with Gasteiger partial charge in [0.25, 0.3) is 0 Å². The quantitative estimate of drug-likeness (QED) is 0.746. The lowest BCUT2D eigenvalue weighted by atomic mass is 9.99.